The van der Waals surface area contributed by atoms with Crippen LogP contribution in [-0.4, -0.2) is 30.1 Å². The molecular weight excluding hydrogens is 264 g/mol. The number of nitrogens with zero attached hydrogens (tertiary/aromatic N) is 1. The second-order valence-electron chi connectivity index (χ2n) is 5.39. The van der Waals surface area contributed by atoms with Crippen molar-refractivity contribution in [3.05, 3.63) is 35.9 Å². The maximum absolute atomic E-state index is 11.9. The van der Waals surface area contributed by atoms with Gasteiger partial charge in [0.25, 0.3) is 0 Å². The molecule has 1 aliphatic carbocycles. The Morgan fingerprint density at radius 2 is 2.05 bits per heavy atom. The summed E-state index contributed by atoms with van der Waals surface area (Å²) in [7, 11) is 0. The fraction of sp³-hybridized carbons (Fsp3) is 0.500. The molecular formula is C14H19ClN2O2. The van der Waals surface area contributed by atoms with Gasteiger partial charge in [0.15, 0.2) is 0 Å². The van der Waals surface area contributed by atoms with Crippen molar-refractivity contribution in [2.24, 2.45) is 11.1 Å². The van der Waals surface area contributed by atoms with Crippen LogP contribution in [0.2, 0.25) is 0 Å². The van der Waals surface area contributed by atoms with Gasteiger partial charge in [-0.3, -0.25) is 0 Å². The zero-order chi connectivity index (χ0) is 12.6. The Hall–Kier alpha value is -1.26. The SMILES string of the molecule is Cl.NC1CN(C(=O)OCc2ccccc2)CC12CC2. The van der Waals surface area contributed by atoms with Gasteiger partial charge in [-0.25, -0.2) is 4.79 Å². The first-order valence-electron chi connectivity index (χ1n) is 6.41. The topological polar surface area (TPSA) is 55.6 Å². The zero-order valence-corrected chi connectivity index (χ0v) is 11.6. The lowest BCUT2D eigenvalue weighted by Gasteiger charge is -2.15. The zero-order valence-electron chi connectivity index (χ0n) is 10.7. The monoisotopic (exact) mass is 282 g/mol. The number of rotatable bonds is 2. The molecule has 1 aromatic rings. The third-order valence-corrected chi connectivity index (χ3v) is 4.06. The van der Waals surface area contributed by atoms with Crippen molar-refractivity contribution >= 4 is 18.5 Å². The minimum atomic E-state index is -0.238. The molecule has 0 aromatic heterocycles. The largest absolute Gasteiger partial charge is 0.445 e. The minimum Gasteiger partial charge on any atom is -0.445 e. The van der Waals surface area contributed by atoms with Crippen molar-refractivity contribution < 1.29 is 9.53 Å². The average Bonchev–Trinajstić information content (AvgIpc) is 3.09. The number of hydrogen-bond acceptors (Lipinski definition) is 3. The molecule has 1 unspecified atom stereocenters. The van der Waals surface area contributed by atoms with Crippen LogP contribution in [0.3, 0.4) is 0 Å². The molecule has 1 amide bonds. The van der Waals surface area contributed by atoms with E-state index in [1.165, 1.54) is 0 Å². The second-order valence-corrected chi connectivity index (χ2v) is 5.39. The third-order valence-electron chi connectivity index (χ3n) is 4.06. The normalized spacial score (nSPS) is 23.0. The van der Waals surface area contributed by atoms with Crippen molar-refractivity contribution in [1.82, 2.24) is 4.90 Å². The number of benzene rings is 1. The van der Waals surface area contributed by atoms with E-state index >= 15 is 0 Å². The first-order valence-corrected chi connectivity index (χ1v) is 6.41. The fourth-order valence-corrected chi connectivity index (χ4v) is 2.63. The van der Waals surface area contributed by atoms with Crippen molar-refractivity contribution in [1.29, 1.82) is 0 Å². The first-order chi connectivity index (χ1) is 8.70. The molecule has 1 spiro atoms. The Kier molecular flexibility index (Phi) is 4.02. The van der Waals surface area contributed by atoms with Crippen LogP contribution in [0.25, 0.3) is 0 Å². The van der Waals surface area contributed by atoms with Gasteiger partial charge < -0.3 is 15.4 Å². The summed E-state index contributed by atoms with van der Waals surface area (Å²) in [4.78, 5) is 13.7. The quantitative estimate of drug-likeness (QED) is 0.904. The number of halogens is 1. The molecule has 1 aliphatic heterocycles. The Bertz CT molecular complexity index is 448. The van der Waals surface area contributed by atoms with Crippen molar-refractivity contribution in [2.45, 2.75) is 25.5 Å². The summed E-state index contributed by atoms with van der Waals surface area (Å²) in [5.41, 5.74) is 7.28. The van der Waals surface area contributed by atoms with Crippen LogP contribution < -0.4 is 5.73 Å². The van der Waals surface area contributed by atoms with Gasteiger partial charge in [-0.15, -0.1) is 12.4 Å². The first kappa shape index (κ1) is 14.2. The van der Waals surface area contributed by atoms with E-state index < -0.39 is 0 Å². The molecule has 0 bridgehead atoms. The van der Waals surface area contributed by atoms with Crippen LogP contribution in [0, 0.1) is 5.41 Å². The smallest absolute Gasteiger partial charge is 0.410 e. The summed E-state index contributed by atoms with van der Waals surface area (Å²) < 4.78 is 5.31. The maximum atomic E-state index is 11.9. The lowest BCUT2D eigenvalue weighted by molar-refractivity contribution is 0.102. The van der Waals surface area contributed by atoms with E-state index in [1.54, 1.807) is 4.90 Å². The highest BCUT2D eigenvalue weighted by molar-refractivity contribution is 5.85. The third kappa shape index (κ3) is 2.85. The molecule has 0 radical (unpaired) electrons. The Labute approximate surface area is 119 Å². The molecule has 1 heterocycles. The Morgan fingerprint density at radius 1 is 1.37 bits per heavy atom. The number of carbonyl (C=O) groups excluding carboxylic acids is 1. The van der Waals surface area contributed by atoms with Crippen LogP contribution in [0.1, 0.15) is 18.4 Å². The summed E-state index contributed by atoms with van der Waals surface area (Å²) >= 11 is 0. The van der Waals surface area contributed by atoms with E-state index in [0.717, 1.165) is 24.9 Å². The van der Waals surface area contributed by atoms with Crippen molar-refractivity contribution in [3.8, 4) is 0 Å². The van der Waals surface area contributed by atoms with E-state index in [1.807, 2.05) is 30.3 Å². The van der Waals surface area contributed by atoms with Gasteiger partial charge >= 0.3 is 6.09 Å². The van der Waals surface area contributed by atoms with Gasteiger partial charge in [-0.2, -0.15) is 0 Å². The molecule has 1 saturated heterocycles. The number of carbonyl (C=O) groups is 1. The highest BCUT2D eigenvalue weighted by Gasteiger charge is 2.54. The van der Waals surface area contributed by atoms with Crippen LogP contribution in [-0.2, 0) is 11.3 Å². The molecule has 1 aromatic carbocycles. The van der Waals surface area contributed by atoms with Gasteiger partial charge in [0, 0.05) is 24.5 Å². The highest BCUT2D eigenvalue weighted by atomic mass is 35.5. The molecule has 1 saturated carbocycles. The molecule has 104 valence electrons. The number of amides is 1. The van der Waals surface area contributed by atoms with E-state index in [4.69, 9.17) is 10.5 Å². The predicted molar refractivity (Wildman–Crippen MR) is 75.1 cm³/mol. The highest BCUT2D eigenvalue weighted by Crippen LogP contribution is 2.52. The number of hydrogen-bond donors (Lipinski definition) is 1. The number of ether oxygens (including phenoxy) is 1. The predicted octanol–water partition coefficient (Wildman–Crippen LogP) is 2.17. The molecule has 3 rings (SSSR count). The number of nitrogens with two attached hydrogens (primary N) is 1. The van der Waals surface area contributed by atoms with Crippen LogP contribution in [0.4, 0.5) is 4.79 Å². The summed E-state index contributed by atoms with van der Waals surface area (Å²) in [6.45, 7) is 1.73. The molecule has 1 atom stereocenters. The summed E-state index contributed by atoms with van der Waals surface area (Å²) in [6, 6.07) is 9.85. The van der Waals surface area contributed by atoms with Gasteiger partial charge in [0.05, 0.1) is 0 Å². The van der Waals surface area contributed by atoms with Crippen LogP contribution in [0.15, 0.2) is 30.3 Å². The fourth-order valence-electron chi connectivity index (χ4n) is 2.63. The lowest BCUT2D eigenvalue weighted by atomic mass is 10.0. The van der Waals surface area contributed by atoms with Crippen LogP contribution in [0.5, 0.6) is 0 Å². The average molecular weight is 283 g/mol. The standard InChI is InChI=1S/C14H18N2O2.ClH/c15-12-8-16(10-14(12)6-7-14)13(17)18-9-11-4-2-1-3-5-11;/h1-5,12H,6-10,15H2;1H. The maximum Gasteiger partial charge on any atom is 0.410 e. The molecule has 19 heavy (non-hydrogen) atoms. The molecule has 2 fully saturated rings. The Morgan fingerprint density at radius 3 is 2.63 bits per heavy atom. The Balaban J connectivity index is 0.00000133. The summed E-state index contributed by atoms with van der Waals surface area (Å²) in [5.74, 6) is 0. The van der Waals surface area contributed by atoms with E-state index in [-0.39, 0.29) is 30.0 Å². The summed E-state index contributed by atoms with van der Waals surface area (Å²) in [6.07, 6.45) is 2.06. The van der Waals surface area contributed by atoms with Crippen molar-refractivity contribution in [2.75, 3.05) is 13.1 Å². The second kappa shape index (κ2) is 5.39. The minimum absolute atomic E-state index is 0. The molecule has 5 heteroatoms. The summed E-state index contributed by atoms with van der Waals surface area (Å²) in [5, 5.41) is 0. The lowest BCUT2D eigenvalue weighted by Crippen LogP contribution is -2.32. The van der Waals surface area contributed by atoms with Gasteiger partial charge in [0.1, 0.15) is 6.61 Å². The molecule has 2 N–H and O–H groups in total. The van der Waals surface area contributed by atoms with Gasteiger partial charge in [-0.05, 0) is 18.4 Å². The van der Waals surface area contributed by atoms with Crippen LogP contribution >= 0.6 is 12.4 Å². The van der Waals surface area contributed by atoms with E-state index in [2.05, 4.69) is 0 Å². The van der Waals surface area contributed by atoms with Gasteiger partial charge in [0.2, 0.25) is 0 Å². The van der Waals surface area contributed by atoms with E-state index in [9.17, 15) is 4.79 Å². The van der Waals surface area contributed by atoms with Crippen molar-refractivity contribution in [3.63, 3.8) is 0 Å². The molecule has 2 aliphatic rings. The molecule has 4 nitrogen and oxygen atoms in total. The van der Waals surface area contributed by atoms with E-state index in [0.29, 0.717) is 13.2 Å². The van der Waals surface area contributed by atoms with Gasteiger partial charge in [-0.1, -0.05) is 30.3 Å². The number of likely N-dealkylation sites (tertiary alicyclic amines) is 1.